The highest BCUT2D eigenvalue weighted by molar-refractivity contribution is 7.99. The molecule has 0 spiro atoms. The summed E-state index contributed by atoms with van der Waals surface area (Å²) in [6.45, 7) is 0.239. The van der Waals surface area contributed by atoms with Gasteiger partial charge >= 0.3 is 5.97 Å². The van der Waals surface area contributed by atoms with E-state index < -0.39 is 0 Å². The van der Waals surface area contributed by atoms with Gasteiger partial charge in [0, 0.05) is 12.9 Å². The van der Waals surface area contributed by atoms with Crippen molar-refractivity contribution in [1.29, 1.82) is 0 Å². The van der Waals surface area contributed by atoms with Crippen LogP contribution in [0.2, 0.25) is 0 Å². The quantitative estimate of drug-likeness (QED) is 0.520. The fraction of sp³-hybridized carbons (Fsp3) is 0.889. The second-order valence-electron chi connectivity index (χ2n) is 3.10. The fourth-order valence-corrected chi connectivity index (χ4v) is 2.61. The van der Waals surface area contributed by atoms with Gasteiger partial charge in [-0.2, -0.15) is 11.8 Å². The molecule has 0 N–H and O–H groups in total. The van der Waals surface area contributed by atoms with Crippen LogP contribution in [0.3, 0.4) is 0 Å². The number of hydrogen-bond acceptors (Lipinski definition) is 5. The van der Waals surface area contributed by atoms with Gasteiger partial charge in [0.1, 0.15) is 6.79 Å². The third-order valence-electron chi connectivity index (χ3n) is 2.20. The minimum Gasteiger partial charge on any atom is -0.469 e. The molecule has 82 valence electrons. The summed E-state index contributed by atoms with van der Waals surface area (Å²) in [4.78, 5) is 11.4. The van der Waals surface area contributed by atoms with Gasteiger partial charge in [-0.25, -0.2) is 0 Å². The largest absolute Gasteiger partial charge is 0.469 e. The predicted octanol–water partition coefficient (Wildman–Crippen LogP) is 0.902. The van der Waals surface area contributed by atoms with Crippen LogP contribution in [0.5, 0.6) is 0 Å². The van der Waals surface area contributed by atoms with Crippen molar-refractivity contribution in [3.63, 3.8) is 0 Å². The van der Waals surface area contributed by atoms with Gasteiger partial charge in [-0.15, -0.1) is 0 Å². The molecule has 0 aliphatic carbocycles. The zero-order chi connectivity index (χ0) is 10.4. The number of rotatable bonds is 4. The maximum Gasteiger partial charge on any atom is 0.312 e. The first-order chi connectivity index (χ1) is 6.79. The van der Waals surface area contributed by atoms with Crippen LogP contribution in [0.1, 0.15) is 6.42 Å². The number of esters is 1. The van der Waals surface area contributed by atoms with Crippen molar-refractivity contribution in [1.82, 2.24) is 0 Å². The van der Waals surface area contributed by atoms with Gasteiger partial charge in [-0.3, -0.25) is 4.79 Å². The Morgan fingerprint density at radius 2 is 2.29 bits per heavy atom. The SMILES string of the molecule is COCO[C@@H]1CCSC[C@H]1C(=O)OC. The van der Waals surface area contributed by atoms with Gasteiger partial charge in [0.15, 0.2) is 0 Å². The summed E-state index contributed by atoms with van der Waals surface area (Å²) in [6.07, 6.45) is 0.831. The van der Waals surface area contributed by atoms with Gasteiger partial charge in [0.2, 0.25) is 0 Å². The average Bonchev–Trinajstić information content (AvgIpc) is 2.25. The smallest absolute Gasteiger partial charge is 0.312 e. The van der Waals surface area contributed by atoms with Crippen molar-refractivity contribution in [3.05, 3.63) is 0 Å². The molecule has 4 nitrogen and oxygen atoms in total. The third-order valence-corrected chi connectivity index (χ3v) is 3.32. The molecule has 1 saturated heterocycles. The second-order valence-corrected chi connectivity index (χ2v) is 4.25. The monoisotopic (exact) mass is 220 g/mol. The van der Waals surface area contributed by atoms with Gasteiger partial charge in [0.25, 0.3) is 0 Å². The minimum atomic E-state index is -0.182. The number of hydrogen-bond donors (Lipinski definition) is 0. The van der Waals surface area contributed by atoms with E-state index in [1.165, 1.54) is 7.11 Å². The van der Waals surface area contributed by atoms with Crippen LogP contribution < -0.4 is 0 Å². The van der Waals surface area contributed by atoms with E-state index in [1.807, 2.05) is 0 Å². The van der Waals surface area contributed by atoms with E-state index in [2.05, 4.69) is 0 Å². The summed E-state index contributed by atoms with van der Waals surface area (Å²) in [5.74, 6) is 1.48. The molecule has 0 bridgehead atoms. The molecule has 1 rings (SSSR count). The summed E-state index contributed by atoms with van der Waals surface area (Å²) < 4.78 is 15.0. The molecule has 0 unspecified atom stereocenters. The maximum atomic E-state index is 11.4. The zero-order valence-electron chi connectivity index (χ0n) is 8.52. The third kappa shape index (κ3) is 3.15. The van der Waals surface area contributed by atoms with Crippen molar-refractivity contribution in [3.8, 4) is 0 Å². The molecule has 1 aliphatic heterocycles. The van der Waals surface area contributed by atoms with E-state index in [-0.39, 0.29) is 24.8 Å². The van der Waals surface area contributed by atoms with Gasteiger partial charge in [-0.1, -0.05) is 0 Å². The molecule has 0 aromatic carbocycles. The maximum absolute atomic E-state index is 11.4. The summed E-state index contributed by atoms with van der Waals surface area (Å²) in [5, 5.41) is 0. The molecule has 0 aromatic heterocycles. The zero-order valence-corrected chi connectivity index (χ0v) is 9.34. The predicted molar refractivity (Wildman–Crippen MR) is 54.2 cm³/mol. The molecule has 0 aromatic rings. The van der Waals surface area contributed by atoms with Crippen LogP contribution in [0.4, 0.5) is 0 Å². The normalized spacial score (nSPS) is 27.3. The van der Waals surface area contributed by atoms with Gasteiger partial charge in [-0.05, 0) is 12.2 Å². The van der Waals surface area contributed by atoms with Crippen LogP contribution in [-0.4, -0.2) is 44.6 Å². The topological polar surface area (TPSA) is 44.8 Å². The lowest BCUT2D eigenvalue weighted by atomic mass is 10.0. The summed E-state index contributed by atoms with van der Waals surface area (Å²) in [6, 6.07) is 0. The molecular formula is C9H16O4S. The van der Waals surface area contributed by atoms with Crippen LogP contribution in [0.25, 0.3) is 0 Å². The number of thioether (sulfide) groups is 1. The molecular weight excluding hydrogens is 204 g/mol. The molecule has 1 heterocycles. The van der Waals surface area contributed by atoms with E-state index in [0.717, 1.165) is 17.9 Å². The van der Waals surface area contributed by atoms with Crippen molar-refractivity contribution in [2.75, 3.05) is 32.5 Å². The van der Waals surface area contributed by atoms with Crippen molar-refractivity contribution in [2.24, 2.45) is 5.92 Å². The molecule has 0 radical (unpaired) electrons. The van der Waals surface area contributed by atoms with Crippen molar-refractivity contribution < 1.29 is 19.0 Å². The Bertz CT molecular complexity index is 186. The Balaban J connectivity index is 2.45. The van der Waals surface area contributed by atoms with E-state index in [0.29, 0.717) is 0 Å². The molecule has 2 atom stereocenters. The molecule has 1 aliphatic rings. The first-order valence-electron chi connectivity index (χ1n) is 4.55. The van der Waals surface area contributed by atoms with Crippen LogP contribution in [0, 0.1) is 5.92 Å². The van der Waals surface area contributed by atoms with Gasteiger partial charge < -0.3 is 14.2 Å². The fourth-order valence-electron chi connectivity index (χ4n) is 1.44. The summed E-state index contributed by atoms with van der Waals surface area (Å²) >= 11 is 1.76. The Morgan fingerprint density at radius 3 is 2.93 bits per heavy atom. The number of ether oxygens (including phenoxy) is 3. The van der Waals surface area contributed by atoms with E-state index in [4.69, 9.17) is 14.2 Å². The van der Waals surface area contributed by atoms with Gasteiger partial charge in [0.05, 0.1) is 19.1 Å². The van der Waals surface area contributed by atoms with E-state index >= 15 is 0 Å². The molecule has 0 saturated carbocycles. The first-order valence-corrected chi connectivity index (χ1v) is 5.71. The van der Waals surface area contributed by atoms with Crippen molar-refractivity contribution >= 4 is 17.7 Å². The van der Waals surface area contributed by atoms with Crippen molar-refractivity contribution in [2.45, 2.75) is 12.5 Å². The van der Waals surface area contributed by atoms with Crippen LogP contribution in [0.15, 0.2) is 0 Å². The highest BCUT2D eigenvalue weighted by atomic mass is 32.2. The Morgan fingerprint density at radius 1 is 1.50 bits per heavy atom. The lowest BCUT2D eigenvalue weighted by Crippen LogP contribution is -2.37. The Kier molecular flexibility index (Phi) is 5.29. The molecule has 1 fully saturated rings. The summed E-state index contributed by atoms with van der Waals surface area (Å²) in [5.41, 5.74) is 0. The highest BCUT2D eigenvalue weighted by Gasteiger charge is 2.32. The highest BCUT2D eigenvalue weighted by Crippen LogP contribution is 2.26. The molecule has 5 heteroatoms. The number of methoxy groups -OCH3 is 2. The lowest BCUT2D eigenvalue weighted by molar-refractivity contribution is -0.155. The van der Waals surface area contributed by atoms with E-state index in [1.54, 1.807) is 18.9 Å². The average molecular weight is 220 g/mol. The Labute approximate surface area is 88.3 Å². The molecule has 14 heavy (non-hydrogen) atoms. The Hall–Kier alpha value is -0.260. The standard InChI is InChI=1S/C9H16O4S/c1-11-6-13-8-3-4-14-5-7(8)9(10)12-2/h7-8H,3-6H2,1-2H3/t7-,8-/m1/s1. The lowest BCUT2D eigenvalue weighted by Gasteiger charge is -2.28. The first kappa shape index (κ1) is 11.8. The molecule has 0 amide bonds. The van der Waals surface area contributed by atoms with Crippen LogP contribution >= 0.6 is 11.8 Å². The number of carbonyl (C=O) groups is 1. The number of carbonyl (C=O) groups excluding carboxylic acids is 1. The minimum absolute atomic E-state index is 0.0522. The van der Waals surface area contributed by atoms with Crippen LogP contribution in [-0.2, 0) is 19.0 Å². The summed E-state index contributed by atoms with van der Waals surface area (Å²) in [7, 11) is 2.99. The second kappa shape index (κ2) is 6.27. The van der Waals surface area contributed by atoms with E-state index in [9.17, 15) is 4.79 Å².